The molecule has 1 saturated heterocycles. The maximum absolute atomic E-state index is 6.04. The Morgan fingerprint density at radius 1 is 1.45 bits per heavy atom. The Morgan fingerprint density at radius 3 is 2.95 bits per heavy atom. The standard InChI is InChI=1S/C16H22ClNO2/c1-19-16(5-6-20-11-16)10-18-15-8-13(9-15)12-3-2-4-14(17)7-12/h2-4,7,13,15,18H,5-6,8-11H2,1H3. The minimum atomic E-state index is -0.110. The highest BCUT2D eigenvalue weighted by Gasteiger charge is 2.37. The van der Waals surface area contributed by atoms with Crippen LogP contribution < -0.4 is 5.32 Å². The van der Waals surface area contributed by atoms with E-state index in [1.165, 1.54) is 18.4 Å². The Balaban J connectivity index is 1.46. The number of hydrogen-bond acceptors (Lipinski definition) is 3. The zero-order chi connectivity index (χ0) is 14.0. The summed E-state index contributed by atoms with van der Waals surface area (Å²) in [6, 6.07) is 8.82. The Kier molecular flexibility index (Phi) is 4.32. The van der Waals surface area contributed by atoms with Crippen molar-refractivity contribution in [3.05, 3.63) is 34.9 Å². The highest BCUT2D eigenvalue weighted by Crippen LogP contribution is 2.38. The van der Waals surface area contributed by atoms with Gasteiger partial charge < -0.3 is 14.8 Å². The van der Waals surface area contributed by atoms with E-state index in [0.29, 0.717) is 18.6 Å². The fourth-order valence-electron chi connectivity index (χ4n) is 3.11. The fourth-order valence-corrected chi connectivity index (χ4v) is 3.31. The second kappa shape index (κ2) is 6.02. The molecule has 2 aliphatic rings. The molecule has 0 radical (unpaired) electrons. The molecule has 2 fully saturated rings. The van der Waals surface area contributed by atoms with Gasteiger partial charge in [-0.3, -0.25) is 0 Å². The van der Waals surface area contributed by atoms with Crippen molar-refractivity contribution in [3.63, 3.8) is 0 Å². The van der Waals surface area contributed by atoms with E-state index in [0.717, 1.165) is 24.6 Å². The third-order valence-electron chi connectivity index (χ3n) is 4.67. The average Bonchev–Trinajstić information content (AvgIpc) is 2.86. The van der Waals surface area contributed by atoms with Crippen LogP contribution in [0.1, 0.15) is 30.7 Å². The van der Waals surface area contributed by atoms with Crippen molar-refractivity contribution in [2.24, 2.45) is 0 Å². The van der Waals surface area contributed by atoms with Gasteiger partial charge in [0, 0.05) is 37.7 Å². The van der Waals surface area contributed by atoms with Gasteiger partial charge in [-0.15, -0.1) is 0 Å². The lowest BCUT2D eigenvalue weighted by Gasteiger charge is -2.38. The maximum Gasteiger partial charge on any atom is 0.106 e. The predicted octanol–water partition coefficient (Wildman–Crippen LogP) is 2.98. The van der Waals surface area contributed by atoms with E-state index in [2.05, 4.69) is 17.4 Å². The normalized spacial score (nSPS) is 33.1. The van der Waals surface area contributed by atoms with Crippen molar-refractivity contribution in [1.29, 1.82) is 0 Å². The summed E-state index contributed by atoms with van der Waals surface area (Å²) < 4.78 is 11.1. The second-order valence-corrected chi connectivity index (χ2v) is 6.43. The molecular formula is C16H22ClNO2. The van der Waals surface area contributed by atoms with Crippen molar-refractivity contribution >= 4 is 11.6 Å². The van der Waals surface area contributed by atoms with Crippen molar-refractivity contribution in [2.45, 2.75) is 36.8 Å². The quantitative estimate of drug-likeness (QED) is 0.906. The van der Waals surface area contributed by atoms with Crippen molar-refractivity contribution in [1.82, 2.24) is 5.32 Å². The van der Waals surface area contributed by atoms with Crippen LogP contribution in [0.25, 0.3) is 0 Å². The number of halogens is 1. The molecular weight excluding hydrogens is 274 g/mol. The minimum absolute atomic E-state index is 0.110. The van der Waals surface area contributed by atoms with Crippen LogP contribution in [0.15, 0.2) is 24.3 Å². The maximum atomic E-state index is 6.04. The van der Waals surface area contributed by atoms with Gasteiger partial charge in [0.05, 0.1) is 6.61 Å². The van der Waals surface area contributed by atoms with E-state index in [1.54, 1.807) is 7.11 Å². The van der Waals surface area contributed by atoms with E-state index >= 15 is 0 Å². The van der Waals surface area contributed by atoms with Gasteiger partial charge in [-0.05, 0) is 36.5 Å². The average molecular weight is 296 g/mol. The Morgan fingerprint density at radius 2 is 2.30 bits per heavy atom. The van der Waals surface area contributed by atoms with Crippen molar-refractivity contribution in [3.8, 4) is 0 Å². The third-order valence-corrected chi connectivity index (χ3v) is 4.91. The summed E-state index contributed by atoms with van der Waals surface area (Å²) >= 11 is 6.04. The van der Waals surface area contributed by atoms with Crippen LogP contribution in [-0.2, 0) is 9.47 Å². The van der Waals surface area contributed by atoms with Crippen LogP contribution in [0.5, 0.6) is 0 Å². The minimum Gasteiger partial charge on any atom is -0.378 e. The zero-order valence-electron chi connectivity index (χ0n) is 11.9. The number of benzene rings is 1. The Bertz CT molecular complexity index is 454. The summed E-state index contributed by atoms with van der Waals surface area (Å²) in [4.78, 5) is 0. The van der Waals surface area contributed by atoms with E-state index in [9.17, 15) is 0 Å². The molecule has 0 amide bonds. The molecule has 1 N–H and O–H groups in total. The molecule has 0 aromatic heterocycles. The first-order chi connectivity index (χ1) is 9.71. The number of methoxy groups -OCH3 is 1. The van der Waals surface area contributed by atoms with Crippen LogP contribution in [0.2, 0.25) is 5.02 Å². The molecule has 3 nitrogen and oxygen atoms in total. The highest BCUT2D eigenvalue weighted by molar-refractivity contribution is 6.30. The van der Waals surface area contributed by atoms with E-state index < -0.39 is 0 Å². The molecule has 1 aliphatic heterocycles. The monoisotopic (exact) mass is 295 g/mol. The molecule has 110 valence electrons. The lowest BCUT2D eigenvalue weighted by Crippen LogP contribution is -2.49. The van der Waals surface area contributed by atoms with Crippen LogP contribution >= 0.6 is 11.6 Å². The molecule has 1 aliphatic carbocycles. The Hall–Kier alpha value is -0.610. The molecule has 1 heterocycles. The van der Waals surface area contributed by atoms with Gasteiger partial charge in [0.2, 0.25) is 0 Å². The number of nitrogens with one attached hydrogen (secondary N) is 1. The predicted molar refractivity (Wildman–Crippen MR) is 80.4 cm³/mol. The number of hydrogen-bond donors (Lipinski definition) is 1. The van der Waals surface area contributed by atoms with Crippen LogP contribution in [0, 0.1) is 0 Å². The SMILES string of the molecule is COC1(CNC2CC(c3cccc(Cl)c3)C2)CCOC1. The summed E-state index contributed by atoms with van der Waals surface area (Å²) in [6.45, 7) is 2.41. The smallest absolute Gasteiger partial charge is 0.106 e. The first-order valence-corrected chi connectivity index (χ1v) is 7.70. The van der Waals surface area contributed by atoms with E-state index in [1.807, 2.05) is 12.1 Å². The molecule has 1 unspecified atom stereocenters. The van der Waals surface area contributed by atoms with E-state index in [-0.39, 0.29) is 5.60 Å². The lowest BCUT2D eigenvalue weighted by molar-refractivity contribution is -0.0196. The zero-order valence-corrected chi connectivity index (χ0v) is 12.7. The molecule has 4 heteroatoms. The van der Waals surface area contributed by atoms with Crippen molar-refractivity contribution < 1.29 is 9.47 Å². The number of rotatable bonds is 5. The fraction of sp³-hybridized carbons (Fsp3) is 0.625. The van der Waals surface area contributed by atoms with Crippen LogP contribution in [0.4, 0.5) is 0 Å². The van der Waals surface area contributed by atoms with Gasteiger partial charge >= 0.3 is 0 Å². The topological polar surface area (TPSA) is 30.5 Å². The molecule has 1 aromatic carbocycles. The summed E-state index contributed by atoms with van der Waals surface area (Å²) in [5.41, 5.74) is 1.25. The first kappa shape index (κ1) is 14.3. The van der Waals surface area contributed by atoms with Gasteiger partial charge in [0.25, 0.3) is 0 Å². The summed E-state index contributed by atoms with van der Waals surface area (Å²) in [6.07, 6.45) is 3.35. The molecule has 1 saturated carbocycles. The molecule has 20 heavy (non-hydrogen) atoms. The van der Waals surface area contributed by atoms with Crippen LogP contribution in [-0.4, -0.2) is 38.5 Å². The van der Waals surface area contributed by atoms with Gasteiger partial charge in [0.1, 0.15) is 5.60 Å². The van der Waals surface area contributed by atoms with Crippen LogP contribution in [0.3, 0.4) is 0 Å². The van der Waals surface area contributed by atoms with Gasteiger partial charge in [-0.1, -0.05) is 23.7 Å². The molecule has 3 rings (SSSR count). The van der Waals surface area contributed by atoms with Gasteiger partial charge in [-0.25, -0.2) is 0 Å². The second-order valence-electron chi connectivity index (χ2n) is 5.99. The largest absolute Gasteiger partial charge is 0.378 e. The molecule has 1 aromatic rings. The van der Waals surface area contributed by atoms with Gasteiger partial charge in [0.15, 0.2) is 0 Å². The summed E-state index contributed by atoms with van der Waals surface area (Å²) in [5.74, 6) is 0.643. The third kappa shape index (κ3) is 3.01. The lowest BCUT2D eigenvalue weighted by atomic mass is 9.75. The Labute approximate surface area is 125 Å². The van der Waals surface area contributed by atoms with Crippen molar-refractivity contribution in [2.75, 3.05) is 26.9 Å². The summed E-state index contributed by atoms with van der Waals surface area (Å²) in [5, 5.41) is 4.46. The van der Waals surface area contributed by atoms with E-state index in [4.69, 9.17) is 21.1 Å². The number of ether oxygens (including phenoxy) is 2. The molecule has 1 atom stereocenters. The molecule has 0 bridgehead atoms. The van der Waals surface area contributed by atoms with Gasteiger partial charge in [-0.2, -0.15) is 0 Å². The highest BCUT2D eigenvalue weighted by atomic mass is 35.5. The first-order valence-electron chi connectivity index (χ1n) is 7.32. The summed E-state index contributed by atoms with van der Waals surface area (Å²) in [7, 11) is 1.78. The molecule has 0 spiro atoms.